The summed E-state index contributed by atoms with van der Waals surface area (Å²) in [5.41, 5.74) is 5.02. The lowest BCUT2D eigenvalue weighted by atomic mass is 10.2. The van der Waals surface area contributed by atoms with Crippen molar-refractivity contribution < 1.29 is 4.73 Å². The fourth-order valence-electron chi connectivity index (χ4n) is 1.49. The van der Waals surface area contributed by atoms with Crippen LogP contribution in [0.2, 0.25) is 0 Å². The fraction of sp³-hybridized carbons (Fsp3) is 0.167. The number of hydrazone groups is 1. The third kappa shape index (κ3) is 3.18. The topological polar surface area (TPSA) is 64.2 Å². The molecule has 0 radical (unpaired) electrons. The van der Waals surface area contributed by atoms with Gasteiger partial charge in [0.05, 0.1) is 5.71 Å². The zero-order chi connectivity index (χ0) is 13.8. The number of rotatable bonds is 2. The van der Waals surface area contributed by atoms with Crippen molar-refractivity contribution in [1.82, 2.24) is 10.4 Å². The molecule has 1 aromatic heterocycles. The zero-order valence-electron chi connectivity index (χ0n) is 10.5. The van der Waals surface area contributed by atoms with E-state index in [0.717, 1.165) is 4.73 Å². The van der Waals surface area contributed by atoms with Crippen molar-refractivity contribution in [1.29, 1.82) is 0 Å². The Balaban J connectivity index is 2.37. The Bertz CT molecular complexity index is 657. The van der Waals surface area contributed by atoms with Crippen LogP contribution in [0.1, 0.15) is 12.6 Å². The lowest BCUT2D eigenvalue weighted by Crippen LogP contribution is -2.29. The molecule has 98 valence electrons. The second-order valence-electron chi connectivity index (χ2n) is 3.74. The Morgan fingerprint density at radius 1 is 1.47 bits per heavy atom. The van der Waals surface area contributed by atoms with Crippen molar-refractivity contribution in [2.75, 3.05) is 6.26 Å². The molecule has 2 aromatic rings. The van der Waals surface area contributed by atoms with Crippen LogP contribution in [-0.4, -0.2) is 21.3 Å². The molecular formula is C12H12N4OS2. The highest BCUT2D eigenvalue weighted by atomic mass is 32.2. The van der Waals surface area contributed by atoms with Gasteiger partial charge < -0.3 is 5.21 Å². The van der Waals surface area contributed by atoms with Gasteiger partial charge in [-0.25, -0.2) is 4.98 Å². The molecule has 0 aliphatic rings. The summed E-state index contributed by atoms with van der Waals surface area (Å²) in [6.45, 7) is 1.77. The van der Waals surface area contributed by atoms with E-state index in [1.165, 1.54) is 18.0 Å². The van der Waals surface area contributed by atoms with Crippen molar-refractivity contribution in [2.24, 2.45) is 5.10 Å². The van der Waals surface area contributed by atoms with Crippen LogP contribution in [-0.2, 0) is 0 Å². The van der Waals surface area contributed by atoms with E-state index < -0.39 is 0 Å². The van der Waals surface area contributed by atoms with E-state index in [1.54, 1.807) is 25.1 Å². The molecule has 0 amide bonds. The minimum Gasteiger partial charge on any atom is -0.618 e. The van der Waals surface area contributed by atoms with E-state index in [-0.39, 0.29) is 0 Å². The van der Waals surface area contributed by atoms with E-state index in [2.05, 4.69) is 15.5 Å². The summed E-state index contributed by atoms with van der Waals surface area (Å²) in [4.78, 5) is 4.40. The van der Waals surface area contributed by atoms with Crippen LogP contribution >= 0.6 is 24.0 Å². The number of aromatic nitrogens is 2. The molecule has 1 aromatic carbocycles. The second-order valence-corrected chi connectivity index (χ2v) is 5.22. The molecule has 5 nitrogen and oxygen atoms in total. The number of fused-ring (bicyclic) bond motifs is 1. The maximum absolute atomic E-state index is 11.9. The van der Waals surface area contributed by atoms with Gasteiger partial charge in [-0.2, -0.15) is 9.83 Å². The number of thioether (sulfide) groups is 1. The Morgan fingerprint density at radius 2 is 2.21 bits per heavy atom. The number of thiocarbonyl (C=S) groups is 1. The largest absolute Gasteiger partial charge is 0.618 e. The van der Waals surface area contributed by atoms with E-state index in [1.807, 2.05) is 12.3 Å². The SMILES string of the molecule is CSC(=S)N/N=C(/C)c1c[n+]([O-])c2ccccc2n1. The average molecular weight is 292 g/mol. The first-order valence-electron chi connectivity index (χ1n) is 5.49. The summed E-state index contributed by atoms with van der Waals surface area (Å²) in [7, 11) is 0. The summed E-state index contributed by atoms with van der Waals surface area (Å²) in [5, 5.41) is 16.0. The first kappa shape index (κ1) is 13.7. The highest BCUT2D eigenvalue weighted by Gasteiger charge is 2.10. The van der Waals surface area contributed by atoms with Crippen molar-refractivity contribution in [3.8, 4) is 0 Å². The van der Waals surface area contributed by atoms with Crippen molar-refractivity contribution >= 4 is 45.0 Å². The van der Waals surface area contributed by atoms with Crippen molar-refractivity contribution in [2.45, 2.75) is 6.92 Å². The van der Waals surface area contributed by atoms with Gasteiger partial charge in [-0.3, -0.25) is 5.43 Å². The molecule has 0 saturated heterocycles. The van der Waals surface area contributed by atoms with Crippen LogP contribution in [0.15, 0.2) is 35.6 Å². The smallest absolute Gasteiger partial charge is 0.242 e. The normalized spacial score (nSPS) is 11.6. The van der Waals surface area contributed by atoms with Gasteiger partial charge in [0.1, 0.15) is 5.52 Å². The molecule has 1 N–H and O–H groups in total. The molecule has 0 saturated carbocycles. The van der Waals surface area contributed by atoms with Gasteiger partial charge in [0, 0.05) is 6.07 Å². The average Bonchev–Trinajstić information content (AvgIpc) is 2.44. The summed E-state index contributed by atoms with van der Waals surface area (Å²) in [6.07, 6.45) is 3.27. The quantitative estimate of drug-likeness (QED) is 0.301. The van der Waals surface area contributed by atoms with E-state index >= 15 is 0 Å². The van der Waals surface area contributed by atoms with Crippen LogP contribution < -0.4 is 10.2 Å². The number of hydrogen-bond donors (Lipinski definition) is 1. The molecular weight excluding hydrogens is 280 g/mol. The Hall–Kier alpha value is -1.73. The molecule has 0 aliphatic carbocycles. The lowest BCUT2D eigenvalue weighted by molar-refractivity contribution is -0.577. The highest BCUT2D eigenvalue weighted by Crippen LogP contribution is 2.07. The predicted molar refractivity (Wildman–Crippen MR) is 82.2 cm³/mol. The van der Waals surface area contributed by atoms with Gasteiger partial charge in [0.25, 0.3) is 0 Å². The van der Waals surface area contributed by atoms with E-state index in [4.69, 9.17) is 12.2 Å². The summed E-state index contributed by atoms with van der Waals surface area (Å²) < 4.78 is 1.36. The molecule has 1 heterocycles. The van der Waals surface area contributed by atoms with Crippen LogP contribution in [0.4, 0.5) is 0 Å². The molecule has 0 atom stereocenters. The van der Waals surface area contributed by atoms with Gasteiger partial charge in [0.15, 0.2) is 10.0 Å². The molecule has 0 unspecified atom stereocenters. The number of benzene rings is 1. The molecule has 19 heavy (non-hydrogen) atoms. The summed E-state index contributed by atoms with van der Waals surface area (Å²) in [5.74, 6) is 0. The van der Waals surface area contributed by atoms with Gasteiger partial charge in [-0.05, 0) is 19.2 Å². The Labute approximate surface area is 120 Å². The van der Waals surface area contributed by atoms with Crippen LogP contribution in [0.3, 0.4) is 0 Å². The van der Waals surface area contributed by atoms with Crippen molar-refractivity contribution in [3.63, 3.8) is 0 Å². The standard InChI is InChI=1S/C12H12N4OS2/c1-8(14-15-12(18)19-2)10-7-16(17)11-6-4-3-5-9(11)13-10/h3-7H,1-2H3,(H,15,18)/b14-8-. The van der Waals surface area contributed by atoms with Gasteiger partial charge in [-0.15, -0.1) is 0 Å². The third-order valence-corrected chi connectivity index (χ3v) is 3.52. The van der Waals surface area contributed by atoms with Crippen LogP contribution in [0.5, 0.6) is 0 Å². The first-order chi connectivity index (χ1) is 9.11. The lowest BCUT2D eigenvalue weighted by Gasteiger charge is -2.05. The van der Waals surface area contributed by atoms with Gasteiger partial charge in [-0.1, -0.05) is 36.1 Å². The fourth-order valence-corrected chi connectivity index (χ4v) is 1.67. The molecule has 2 rings (SSSR count). The summed E-state index contributed by atoms with van der Waals surface area (Å²) >= 11 is 6.38. The molecule has 0 fully saturated rings. The number of hydrogen-bond acceptors (Lipinski definition) is 5. The number of nitrogens with one attached hydrogen (secondary N) is 1. The Morgan fingerprint density at radius 3 is 2.95 bits per heavy atom. The van der Waals surface area contributed by atoms with E-state index in [0.29, 0.717) is 26.8 Å². The molecule has 0 bridgehead atoms. The third-order valence-electron chi connectivity index (χ3n) is 2.47. The molecule has 0 spiro atoms. The van der Waals surface area contributed by atoms with E-state index in [9.17, 15) is 5.21 Å². The maximum atomic E-state index is 11.9. The van der Waals surface area contributed by atoms with Gasteiger partial charge >= 0.3 is 0 Å². The minimum absolute atomic E-state index is 0.519. The highest BCUT2D eigenvalue weighted by molar-refractivity contribution is 8.22. The molecule has 0 aliphatic heterocycles. The number of nitrogens with zero attached hydrogens (tertiary/aromatic N) is 3. The predicted octanol–water partition coefficient (Wildman–Crippen LogP) is 1.83. The minimum atomic E-state index is 0.519. The van der Waals surface area contributed by atoms with Gasteiger partial charge in [0.2, 0.25) is 11.7 Å². The zero-order valence-corrected chi connectivity index (χ0v) is 12.1. The van der Waals surface area contributed by atoms with Crippen molar-refractivity contribution in [3.05, 3.63) is 41.4 Å². The Kier molecular flexibility index (Phi) is 4.28. The first-order valence-corrected chi connectivity index (χ1v) is 7.12. The number of para-hydroxylation sites is 2. The van der Waals surface area contributed by atoms with Crippen LogP contribution in [0, 0.1) is 5.21 Å². The molecule has 7 heteroatoms. The summed E-state index contributed by atoms with van der Waals surface area (Å²) in [6, 6.07) is 7.16. The monoisotopic (exact) mass is 292 g/mol. The van der Waals surface area contributed by atoms with Crippen LogP contribution in [0.25, 0.3) is 11.0 Å². The second kappa shape index (κ2) is 5.94. The maximum Gasteiger partial charge on any atom is 0.242 e.